The Morgan fingerprint density at radius 2 is 2.17 bits per heavy atom. The highest BCUT2D eigenvalue weighted by atomic mass is 79.9. The lowest BCUT2D eigenvalue weighted by molar-refractivity contribution is 0.102. The Balaban J connectivity index is 2.22. The molecule has 6 heteroatoms. The molecule has 0 aliphatic heterocycles. The Hall–Kier alpha value is -1.95. The molecule has 0 saturated heterocycles. The van der Waals surface area contributed by atoms with Crippen molar-refractivity contribution in [3.63, 3.8) is 0 Å². The van der Waals surface area contributed by atoms with Crippen LogP contribution >= 0.6 is 15.9 Å². The van der Waals surface area contributed by atoms with Crippen LogP contribution in [0.5, 0.6) is 0 Å². The molecule has 2 heterocycles. The minimum atomic E-state index is -0.363. The number of aryl methyl sites for hydroxylation is 1. The van der Waals surface area contributed by atoms with E-state index in [1.165, 1.54) is 10.6 Å². The minimum absolute atomic E-state index is 0.232. The summed E-state index contributed by atoms with van der Waals surface area (Å²) in [5.74, 6) is 0.0633. The van der Waals surface area contributed by atoms with Crippen LogP contribution in [0, 0.1) is 0 Å². The Morgan fingerprint density at radius 3 is 2.83 bits per heavy atom. The zero-order valence-corrected chi connectivity index (χ0v) is 11.1. The van der Waals surface area contributed by atoms with Gasteiger partial charge in [-0.05, 0) is 34.1 Å². The number of hydrogen-bond acceptors (Lipinski definition) is 3. The van der Waals surface area contributed by atoms with E-state index in [1.807, 2.05) is 0 Å². The van der Waals surface area contributed by atoms with Crippen molar-refractivity contribution in [3.05, 3.63) is 57.0 Å². The number of hydrogen-bond donors (Lipinski definition) is 1. The molecule has 92 valence electrons. The fourth-order valence-corrected chi connectivity index (χ4v) is 1.70. The van der Waals surface area contributed by atoms with Gasteiger partial charge in [0.1, 0.15) is 10.4 Å². The molecule has 0 fully saturated rings. The van der Waals surface area contributed by atoms with Gasteiger partial charge in [-0.1, -0.05) is 6.07 Å². The predicted octanol–water partition coefficient (Wildman–Crippen LogP) is 1.80. The lowest BCUT2D eigenvalue weighted by atomic mass is 10.2. The number of amides is 1. The average Bonchev–Trinajstić information content (AvgIpc) is 2.32. The summed E-state index contributed by atoms with van der Waals surface area (Å²) in [7, 11) is 1.62. The van der Waals surface area contributed by atoms with E-state index >= 15 is 0 Å². The van der Waals surface area contributed by atoms with Crippen molar-refractivity contribution in [1.82, 2.24) is 9.55 Å². The zero-order valence-electron chi connectivity index (χ0n) is 9.55. The van der Waals surface area contributed by atoms with Crippen LogP contribution in [-0.2, 0) is 7.05 Å². The molecule has 18 heavy (non-hydrogen) atoms. The Bertz CT molecular complexity index is 652. The standard InChI is InChI=1S/C12H10BrN3O2/c1-16-6-5-8(7-11(16)17)12(18)15-10-4-2-3-9(13)14-10/h2-7H,1H3,(H,14,15,18). The molecular weight excluding hydrogens is 298 g/mol. The number of halogens is 1. The number of pyridine rings is 2. The number of nitrogens with zero attached hydrogens (tertiary/aromatic N) is 2. The summed E-state index contributed by atoms with van der Waals surface area (Å²) in [4.78, 5) is 27.4. The molecule has 0 bridgehead atoms. The van der Waals surface area contributed by atoms with Crippen molar-refractivity contribution < 1.29 is 4.79 Å². The molecule has 2 rings (SSSR count). The van der Waals surface area contributed by atoms with Crippen LogP contribution in [0.4, 0.5) is 5.82 Å². The molecule has 0 aliphatic carbocycles. The second-order valence-corrected chi connectivity index (χ2v) is 4.48. The quantitative estimate of drug-likeness (QED) is 0.860. The van der Waals surface area contributed by atoms with Crippen molar-refractivity contribution in [1.29, 1.82) is 0 Å². The van der Waals surface area contributed by atoms with Crippen molar-refractivity contribution >= 4 is 27.7 Å². The fourth-order valence-electron chi connectivity index (χ4n) is 1.36. The first kappa shape index (κ1) is 12.5. The first-order valence-electron chi connectivity index (χ1n) is 5.17. The summed E-state index contributed by atoms with van der Waals surface area (Å²) in [6.07, 6.45) is 1.55. The number of aromatic nitrogens is 2. The summed E-state index contributed by atoms with van der Waals surface area (Å²) < 4.78 is 2.03. The first-order valence-corrected chi connectivity index (χ1v) is 5.96. The molecule has 0 aromatic carbocycles. The zero-order chi connectivity index (χ0) is 13.1. The smallest absolute Gasteiger partial charge is 0.257 e. The maximum Gasteiger partial charge on any atom is 0.257 e. The summed E-state index contributed by atoms with van der Waals surface area (Å²) in [6.45, 7) is 0. The molecule has 5 nitrogen and oxygen atoms in total. The maximum absolute atomic E-state index is 11.9. The van der Waals surface area contributed by atoms with E-state index in [0.717, 1.165) is 0 Å². The molecule has 0 radical (unpaired) electrons. The van der Waals surface area contributed by atoms with Crippen molar-refractivity contribution in [2.45, 2.75) is 0 Å². The topological polar surface area (TPSA) is 64.0 Å². The van der Waals surface area contributed by atoms with Crippen LogP contribution in [-0.4, -0.2) is 15.5 Å². The largest absolute Gasteiger partial charge is 0.319 e. The third kappa shape index (κ3) is 2.84. The van der Waals surface area contributed by atoms with Crippen LogP contribution < -0.4 is 10.9 Å². The van der Waals surface area contributed by atoms with Crippen molar-refractivity contribution in [2.75, 3.05) is 5.32 Å². The average molecular weight is 308 g/mol. The summed E-state index contributed by atoms with van der Waals surface area (Å²) in [6, 6.07) is 8.05. The molecule has 2 aromatic rings. The maximum atomic E-state index is 11.9. The van der Waals surface area contributed by atoms with Gasteiger partial charge in [0.25, 0.3) is 11.5 Å². The minimum Gasteiger partial charge on any atom is -0.319 e. The molecular formula is C12H10BrN3O2. The first-order chi connectivity index (χ1) is 8.56. The molecule has 0 spiro atoms. The van der Waals surface area contributed by atoms with E-state index in [2.05, 4.69) is 26.2 Å². The van der Waals surface area contributed by atoms with Gasteiger partial charge < -0.3 is 9.88 Å². The summed E-state index contributed by atoms with van der Waals surface area (Å²) in [5.41, 5.74) is 0.0738. The Morgan fingerprint density at radius 1 is 1.39 bits per heavy atom. The lowest BCUT2D eigenvalue weighted by Crippen LogP contribution is -2.20. The third-order valence-electron chi connectivity index (χ3n) is 2.32. The number of nitrogens with one attached hydrogen (secondary N) is 1. The molecule has 1 amide bonds. The van der Waals surface area contributed by atoms with Crippen LogP contribution in [0.2, 0.25) is 0 Å². The normalized spacial score (nSPS) is 10.1. The summed E-state index contributed by atoms with van der Waals surface area (Å²) >= 11 is 3.21. The van der Waals surface area contributed by atoms with Gasteiger partial charge in [0, 0.05) is 24.9 Å². The second-order valence-electron chi connectivity index (χ2n) is 3.66. The monoisotopic (exact) mass is 307 g/mol. The molecule has 1 N–H and O–H groups in total. The number of carbonyl (C=O) groups excluding carboxylic acids is 1. The van der Waals surface area contributed by atoms with E-state index in [-0.39, 0.29) is 11.5 Å². The van der Waals surface area contributed by atoms with E-state index in [0.29, 0.717) is 16.0 Å². The van der Waals surface area contributed by atoms with Crippen LogP contribution in [0.25, 0.3) is 0 Å². The predicted molar refractivity (Wildman–Crippen MR) is 71.6 cm³/mol. The molecule has 0 saturated carbocycles. The van der Waals surface area contributed by atoms with Gasteiger partial charge in [-0.3, -0.25) is 9.59 Å². The fraction of sp³-hybridized carbons (Fsp3) is 0.0833. The SMILES string of the molecule is Cn1ccc(C(=O)Nc2cccc(Br)n2)cc1=O. The molecule has 2 aromatic heterocycles. The van der Waals surface area contributed by atoms with Gasteiger partial charge in [0.2, 0.25) is 0 Å². The molecule has 0 aliphatic rings. The van der Waals surface area contributed by atoms with E-state index < -0.39 is 0 Å². The second kappa shape index (κ2) is 5.14. The number of rotatable bonds is 2. The van der Waals surface area contributed by atoms with Crippen molar-refractivity contribution in [2.24, 2.45) is 7.05 Å². The van der Waals surface area contributed by atoms with E-state index in [9.17, 15) is 9.59 Å². The van der Waals surface area contributed by atoms with Gasteiger partial charge in [0.15, 0.2) is 0 Å². The van der Waals surface area contributed by atoms with Gasteiger partial charge >= 0.3 is 0 Å². The van der Waals surface area contributed by atoms with Crippen LogP contribution in [0.15, 0.2) is 45.9 Å². The third-order valence-corrected chi connectivity index (χ3v) is 2.76. The van der Waals surface area contributed by atoms with Crippen LogP contribution in [0.1, 0.15) is 10.4 Å². The van der Waals surface area contributed by atoms with Crippen LogP contribution in [0.3, 0.4) is 0 Å². The highest BCUT2D eigenvalue weighted by molar-refractivity contribution is 9.10. The molecule has 0 atom stereocenters. The van der Waals surface area contributed by atoms with Crippen molar-refractivity contribution in [3.8, 4) is 0 Å². The Labute approximate surface area is 112 Å². The van der Waals surface area contributed by atoms with E-state index in [1.54, 1.807) is 37.5 Å². The Kier molecular flexibility index (Phi) is 3.57. The van der Waals surface area contributed by atoms with Gasteiger partial charge in [-0.2, -0.15) is 0 Å². The highest BCUT2D eigenvalue weighted by Gasteiger charge is 2.07. The molecule has 0 unspecified atom stereocenters. The number of anilines is 1. The highest BCUT2D eigenvalue weighted by Crippen LogP contribution is 2.11. The van der Waals surface area contributed by atoms with Gasteiger partial charge in [0.05, 0.1) is 0 Å². The number of carbonyl (C=O) groups is 1. The van der Waals surface area contributed by atoms with E-state index in [4.69, 9.17) is 0 Å². The lowest BCUT2D eigenvalue weighted by Gasteiger charge is -2.05. The summed E-state index contributed by atoms with van der Waals surface area (Å²) in [5, 5.41) is 2.62. The van der Waals surface area contributed by atoms with Gasteiger partial charge in [-0.15, -0.1) is 0 Å². The van der Waals surface area contributed by atoms with Gasteiger partial charge in [-0.25, -0.2) is 4.98 Å².